The van der Waals surface area contributed by atoms with Gasteiger partial charge in [0, 0.05) is 11.1 Å². The highest BCUT2D eigenvalue weighted by molar-refractivity contribution is 6.44. The molecule has 2 rings (SSSR count). The van der Waals surface area contributed by atoms with Gasteiger partial charge in [-0.05, 0) is 48.5 Å². The second kappa shape index (κ2) is 9.86. The highest BCUT2D eigenvalue weighted by Gasteiger charge is 2.21. The minimum atomic E-state index is -0.765. The van der Waals surface area contributed by atoms with Gasteiger partial charge in [0.25, 0.3) is 0 Å². The van der Waals surface area contributed by atoms with E-state index in [4.69, 9.17) is 9.47 Å². The number of carbonyl (C=O) groups is 2. The zero-order chi connectivity index (χ0) is 20.5. The molecule has 0 amide bonds. The van der Waals surface area contributed by atoms with Crippen molar-refractivity contribution in [2.75, 3.05) is 14.2 Å². The van der Waals surface area contributed by atoms with E-state index in [2.05, 4.69) is 10.3 Å². The molecular formula is C20H20N2O6. The molecule has 0 saturated carbocycles. The molecule has 2 aromatic carbocycles. The Kier molecular flexibility index (Phi) is 7.27. The van der Waals surface area contributed by atoms with Crippen LogP contribution in [0.25, 0.3) is 0 Å². The average Bonchev–Trinajstić information content (AvgIpc) is 2.75. The fraction of sp³-hybridized carbons (Fsp3) is 0.200. The number of hydrogen-bond donors (Lipinski definition) is 2. The minimum absolute atomic E-state index is 0.0490. The molecule has 0 heterocycles. The van der Waals surface area contributed by atoms with Crippen LogP contribution in [0.2, 0.25) is 0 Å². The fourth-order valence-corrected chi connectivity index (χ4v) is 2.46. The molecule has 2 aromatic rings. The molecule has 0 aliphatic rings. The Morgan fingerprint density at radius 3 is 1.29 bits per heavy atom. The van der Waals surface area contributed by atoms with E-state index in [1.165, 1.54) is 14.2 Å². The Bertz CT molecular complexity index is 810. The third-order valence-electron chi connectivity index (χ3n) is 4.05. The van der Waals surface area contributed by atoms with Crippen molar-refractivity contribution in [3.05, 3.63) is 59.7 Å². The zero-order valence-corrected chi connectivity index (χ0v) is 15.5. The third kappa shape index (κ3) is 5.16. The summed E-state index contributed by atoms with van der Waals surface area (Å²) in [6, 6.07) is 13.0. The molecule has 146 valence electrons. The molecule has 8 heteroatoms. The van der Waals surface area contributed by atoms with Crippen molar-refractivity contribution in [2.45, 2.75) is 12.8 Å². The van der Waals surface area contributed by atoms with E-state index in [1.54, 1.807) is 48.5 Å². The summed E-state index contributed by atoms with van der Waals surface area (Å²) >= 11 is 0. The first-order valence-electron chi connectivity index (χ1n) is 8.29. The number of methoxy groups -OCH3 is 2. The molecule has 0 saturated heterocycles. The lowest BCUT2D eigenvalue weighted by molar-refractivity contribution is -0.135. The molecule has 0 aliphatic heterocycles. The van der Waals surface area contributed by atoms with Gasteiger partial charge in [0.05, 0.1) is 38.5 Å². The monoisotopic (exact) mass is 384 g/mol. The van der Waals surface area contributed by atoms with Crippen LogP contribution < -0.4 is 9.47 Å². The van der Waals surface area contributed by atoms with Gasteiger partial charge in [-0.3, -0.25) is 9.59 Å². The maximum absolute atomic E-state index is 12.3. The predicted octanol–water partition coefficient (Wildman–Crippen LogP) is 2.68. The van der Waals surface area contributed by atoms with Crippen molar-refractivity contribution >= 4 is 23.0 Å². The Morgan fingerprint density at radius 1 is 0.714 bits per heavy atom. The lowest BCUT2D eigenvalue weighted by Gasteiger charge is -2.07. The number of ether oxygens (including phenoxy) is 2. The summed E-state index contributed by atoms with van der Waals surface area (Å²) in [6.45, 7) is 0. The lowest BCUT2D eigenvalue weighted by atomic mass is 9.98. The van der Waals surface area contributed by atoms with Crippen LogP contribution in [0.5, 0.6) is 11.5 Å². The van der Waals surface area contributed by atoms with E-state index in [0.717, 1.165) is 0 Å². The van der Waals surface area contributed by atoms with E-state index < -0.39 is 11.6 Å². The van der Waals surface area contributed by atoms with Gasteiger partial charge in [-0.15, -0.1) is 0 Å². The Morgan fingerprint density at radius 2 is 1.04 bits per heavy atom. The van der Waals surface area contributed by atoms with Crippen LogP contribution >= 0.6 is 0 Å². The van der Waals surface area contributed by atoms with E-state index in [-0.39, 0.29) is 24.3 Å². The first kappa shape index (κ1) is 20.6. The summed E-state index contributed by atoms with van der Waals surface area (Å²) in [5.74, 6) is -0.324. The van der Waals surface area contributed by atoms with Crippen LogP contribution in [0.15, 0.2) is 58.8 Å². The van der Waals surface area contributed by atoms with Crippen LogP contribution in [0.3, 0.4) is 0 Å². The van der Waals surface area contributed by atoms with Crippen LogP contribution in [0, 0.1) is 0 Å². The van der Waals surface area contributed by atoms with Crippen molar-refractivity contribution in [1.82, 2.24) is 0 Å². The second-order valence-electron chi connectivity index (χ2n) is 5.75. The van der Waals surface area contributed by atoms with Crippen molar-refractivity contribution in [3.63, 3.8) is 0 Å². The van der Waals surface area contributed by atoms with Gasteiger partial charge in [-0.2, -0.15) is 0 Å². The van der Waals surface area contributed by atoms with Crippen molar-refractivity contribution in [1.29, 1.82) is 0 Å². The highest BCUT2D eigenvalue weighted by atomic mass is 16.5. The molecule has 0 spiro atoms. The van der Waals surface area contributed by atoms with Gasteiger partial charge in [-0.25, -0.2) is 0 Å². The summed E-state index contributed by atoms with van der Waals surface area (Å²) in [5, 5.41) is 24.7. The SMILES string of the molecule is COc1ccc(C(CC(=O)C(=O)C/C(=N/O)c2ccc(OC)cc2)=NO)cc1. The van der Waals surface area contributed by atoms with Gasteiger partial charge in [-0.1, -0.05) is 10.3 Å². The number of rotatable bonds is 9. The summed E-state index contributed by atoms with van der Waals surface area (Å²) in [6.07, 6.45) is -0.772. The van der Waals surface area contributed by atoms with Crippen molar-refractivity contribution in [2.24, 2.45) is 10.3 Å². The summed E-state index contributed by atoms with van der Waals surface area (Å²) < 4.78 is 10.1. The normalized spacial score (nSPS) is 11.8. The first-order chi connectivity index (χ1) is 13.5. The van der Waals surface area contributed by atoms with E-state index in [9.17, 15) is 20.0 Å². The number of Topliss-reactive ketones (excluding diaryl/α,β-unsaturated/α-hetero) is 2. The molecule has 2 N–H and O–H groups in total. The summed E-state index contributed by atoms with van der Waals surface area (Å²) in [4.78, 5) is 24.5. The number of oxime groups is 2. The molecule has 0 unspecified atom stereocenters. The van der Waals surface area contributed by atoms with E-state index in [1.807, 2.05) is 0 Å². The standard InChI is InChI=1S/C20H20N2O6/c1-27-15-7-3-13(4-8-15)17(21-25)11-19(23)20(24)12-18(22-26)14-5-9-16(28-2)10-6-14/h3-10,25-26H,11-12H2,1-2H3/b21-17-,22-18?. The minimum Gasteiger partial charge on any atom is -0.497 e. The fourth-order valence-electron chi connectivity index (χ4n) is 2.46. The van der Waals surface area contributed by atoms with Gasteiger partial charge in [0.15, 0.2) is 0 Å². The van der Waals surface area contributed by atoms with E-state index in [0.29, 0.717) is 22.6 Å². The smallest absolute Gasteiger partial charge is 0.204 e. The Labute approximate surface area is 161 Å². The molecule has 0 aliphatic carbocycles. The number of benzene rings is 2. The number of nitrogens with zero attached hydrogens (tertiary/aromatic N) is 2. The number of hydrogen-bond acceptors (Lipinski definition) is 8. The summed E-state index contributed by atoms with van der Waals surface area (Å²) in [5.41, 5.74) is 1.06. The van der Waals surface area contributed by atoms with Crippen LogP contribution in [0.1, 0.15) is 24.0 Å². The molecular weight excluding hydrogens is 364 g/mol. The molecule has 0 atom stereocenters. The Hall–Kier alpha value is -3.68. The molecule has 28 heavy (non-hydrogen) atoms. The Balaban J connectivity index is 2.06. The predicted molar refractivity (Wildman–Crippen MR) is 102 cm³/mol. The van der Waals surface area contributed by atoms with Crippen molar-refractivity contribution in [3.8, 4) is 11.5 Å². The molecule has 0 radical (unpaired) electrons. The molecule has 0 aromatic heterocycles. The highest BCUT2D eigenvalue weighted by Crippen LogP contribution is 2.15. The van der Waals surface area contributed by atoms with Gasteiger partial charge >= 0.3 is 0 Å². The number of carbonyl (C=O) groups excluding carboxylic acids is 2. The van der Waals surface area contributed by atoms with Crippen LogP contribution in [-0.4, -0.2) is 47.6 Å². The molecule has 8 nitrogen and oxygen atoms in total. The second-order valence-corrected chi connectivity index (χ2v) is 5.75. The summed E-state index contributed by atoms with van der Waals surface area (Å²) in [7, 11) is 3.03. The zero-order valence-electron chi connectivity index (χ0n) is 15.5. The van der Waals surface area contributed by atoms with Crippen molar-refractivity contribution < 1.29 is 29.5 Å². The van der Waals surface area contributed by atoms with Crippen LogP contribution in [-0.2, 0) is 9.59 Å². The maximum atomic E-state index is 12.3. The van der Waals surface area contributed by atoms with Gasteiger partial charge < -0.3 is 19.9 Å². The van der Waals surface area contributed by atoms with Crippen LogP contribution in [0.4, 0.5) is 0 Å². The number of ketones is 2. The quantitative estimate of drug-likeness (QED) is 0.297. The average molecular weight is 384 g/mol. The van der Waals surface area contributed by atoms with Gasteiger partial charge in [0.1, 0.15) is 11.5 Å². The van der Waals surface area contributed by atoms with Gasteiger partial charge in [0.2, 0.25) is 11.6 Å². The topological polar surface area (TPSA) is 118 Å². The molecule has 0 fully saturated rings. The molecule has 0 bridgehead atoms. The largest absolute Gasteiger partial charge is 0.497 e. The lowest BCUT2D eigenvalue weighted by Crippen LogP contribution is -2.22. The first-order valence-corrected chi connectivity index (χ1v) is 8.29. The maximum Gasteiger partial charge on any atom is 0.204 e. The third-order valence-corrected chi connectivity index (χ3v) is 4.05. The van der Waals surface area contributed by atoms with E-state index >= 15 is 0 Å².